The van der Waals surface area contributed by atoms with E-state index in [2.05, 4.69) is 21.2 Å². The standard InChI is InChI=1S/C13H11BrClN3O2/c1-18-6-7(14)4-11(18)13(20)17-8-2-3-10(15)9(5-8)12(16)19/h2-6H,1H3,(H2,16,19)(H,17,20). The first kappa shape index (κ1) is 14.6. The first-order valence-electron chi connectivity index (χ1n) is 5.61. The van der Waals surface area contributed by atoms with Crippen LogP contribution in [0.4, 0.5) is 5.69 Å². The number of halogens is 2. The van der Waals surface area contributed by atoms with E-state index in [9.17, 15) is 9.59 Å². The fraction of sp³-hybridized carbons (Fsp3) is 0.0769. The van der Waals surface area contributed by atoms with Gasteiger partial charge >= 0.3 is 0 Å². The van der Waals surface area contributed by atoms with Crippen molar-refractivity contribution in [2.75, 3.05) is 5.32 Å². The Morgan fingerprint density at radius 1 is 1.35 bits per heavy atom. The topological polar surface area (TPSA) is 77.1 Å². The van der Waals surface area contributed by atoms with E-state index in [1.54, 1.807) is 29.9 Å². The number of carbonyl (C=O) groups excluding carboxylic acids is 2. The van der Waals surface area contributed by atoms with Gasteiger partial charge in [0.25, 0.3) is 5.91 Å². The summed E-state index contributed by atoms with van der Waals surface area (Å²) in [6.45, 7) is 0. The molecule has 0 aliphatic heterocycles. The molecule has 0 saturated carbocycles. The summed E-state index contributed by atoms with van der Waals surface area (Å²) < 4.78 is 2.49. The van der Waals surface area contributed by atoms with Gasteiger partial charge in [0.2, 0.25) is 5.91 Å². The van der Waals surface area contributed by atoms with Crippen molar-refractivity contribution in [3.05, 3.63) is 51.2 Å². The van der Waals surface area contributed by atoms with Crippen LogP contribution in [0.2, 0.25) is 5.02 Å². The molecule has 2 amide bonds. The number of rotatable bonds is 3. The zero-order valence-corrected chi connectivity index (χ0v) is 12.8. The molecule has 1 aromatic heterocycles. The van der Waals surface area contributed by atoms with E-state index in [0.717, 1.165) is 4.47 Å². The first-order valence-corrected chi connectivity index (χ1v) is 6.78. The summed E-state index contributed by atoms with van der Waals surface area (Å²) in [5, 5.41) is 2.94. The highest BCUT2D eigenvalue weighted by Crippen LogP contribution is 2.21. The van der Waals surface area contributed by atoms with Gasteiger partial charge in [-0.2, -0.15) is 0 Å². The van der Waals surface area contributed by atoms with E-state index in [1.165, 1.54) is 12.1 Å². The lowest BCUT2D eigenvalue weighted by Crippen LogP contribution is -2.16. The molecule has 1 aromatic carbocycles. The van der Waals surface area contributed by atoms with Crippen molar-refractivity contribution < 1.29 is 9.59 Å². The molecule has 0 unspecified atom stereocenters. The zero-order valence-electron chi connectivity index (χ0n) is 10.5. The minimum atomic E-state index is -0.646. The van der Waals surface area contributed by atoms with Gasteiger partial charge < -0.3 is 15.6 Å². The minimum Gasteiger partial charge on any atom is -0.366 e. The molecule has 2 aromatic rings. The van der Waals surface area contributed by atoms with E-state index >= 15 is 0 Å². The highest BCUT2D eigenvalue weighted by Gasteiger charge is 2.13. The molecule has 0 atom stereocenters. The van der Waals surface area contributed by atoms with E-state index in [0.29, 0.717) is 11.4 Å². The maximum atomic E-state index is 12.1. The molecule has 5 nitrogen and oxygen atoms in total. The summed E-state index contributed by atoms with van der Waals surface area (Å²) in [7, 11) is 1.76. The Morgan fingerprint density at radius 3 is 2.60 bits per heavy atom. The number of anilines is 1. The third kappa shape index (κ3) is 3.02. The van der Waals surface area contributed by atoms with Crippen LogP contribution in [0.5, 0.6) is 0 Å². The third-order valence-corrected chi connectivity index (χ3v) is 3.46. The minimum absolute atomic E-state index is 0.164. The molecule has 0 aliphatic rings. The van der Waals surface area contributed by atoms with Gasteiger partial charge in [-0.1, -0.05) is 11.6 Å². The molecule has 0 saturated heterocycles. The van der Waals surface area contributed by atoms with E-state index < -0.39 is 5.91 Å². The molecule has 20 heavy (non-hydrogen) atoms. The van der Waals surface area contributed by atoms with E-state index in [4.69, 9.17) is 17.3 Å². The average Bonchev–Trinajstić information content (AvgIpc) is 2.70. The molecule has 0 fully saturated rings. The molecule has 0 spiro atoms. The fourth-order valence-corrected chi connectivity index (χ4v) is 2.47. The number of primary amides is 1. The van der Waals surface area contributed by atoms with Gasteiger partial charge in [-0.3, -0.25) is 9.59 Å². The largest absolute Gasteiger partial charge is 0.366 e. The van der Waals surface area contributed by atoms with E-state index in [1.807, 2.05) is 0 Å². The molecule has 0 radical (unpaired) electrons. The predicted molar refractivity (Wildman–Crippen MR) is 81.0 cm³/mol. The second-order valence-corrected chi connectivity index (χ2v) is 5.49. The van der Waals surface area contributed by atoms with Gasteiger partial charge in [-0.05, 0) is 40.2 Å². The van der Waals surface area contributed by atoms with Crippen LogP contribution < -0.4 is 11.1 Å². The summed E-state index contributed by atoms with van der Waals surface area (Å²) in [5.41, 5.74) is 6.30. The van der Waals surface area contributed by atoms with Crippen LogP contribution in [0.1, 0.15) is 20.8 Å². The number of amides is 2. The number of aryl methyl sites for hydroxylation is 1. The SMILES string of the molecule is Cn1cc(Br)cc1C(=O)Nc1ccc(Cl)c(C(N)=O)c1. The van der Waals surface area contributed by atoms with Gasteiger partial charge in [-0.15, -0.1) is 0 Å². The van der Waals surface area contributed by atoms with Crippen LogP contribution in [-0.2, 0) is 7.05 Å². The zero-order chi connectivity index (χ0) is 14.9. The summed E-state index contributed by atoms with van der Waals surface area (Å²) >= 11 is 9.15. The number of carbonyl (C=O) groups is 2. The van der Waals surface area contributed by atoms with Crippen molar-refractivity contribution in [1.82, 2.24) is 4.57 Å². The van der Waals surface area contributed by atoms with Crippen LogP contribution in [0, 0.1) is 0 Å². The highest BCUT2D eigenvalue weighted by molar-refractivity contribution is 9.10. The number of hydrogen-bond acceptors (Lipinski definition) is 2. The van der Waals surface area contributed by atoms with Gasteiger partial charge in [0.15, 0.2) is 0 Å². The molecule has 104 valence electrons. The lowest BCUT2D eigenvalue weighted by molar-refractivity contribution is 0.0995. The highest BCUT2D eigenvalue weighted by atomic mass is 79.9. The quantitative estimate of drug-likeness (QED) is 0.887. The van der Waals surface area contributed by atoms with Gasteiger partial charge in [-0.25, -0.2) is 0 Å². The Hall–Kier alpha value is -1.79. The van der Waals surface area contributed by atoms with Crippen LogP contribution in [0.3, 0.4) is 0 Å². The predicted octanol–water partition coefficient (Wildman–Crippen LogP) is 2.79. The van der Waals surface area contributed by atoms with E-state index in [-0.39, 0.29) is 16.5 Å². The Balaban J connectivity index is 2.26. The fourth-order valence-electron chi connectivity index (χ4n) is 1.74. The van der Waals surface area contributed by atoms with Crippen molar-refractivity contribution in [2.24, 2.45) is 12.8 Å². The smallest absolute Gasteiger partial charge is 0.272 e. The molecule has 7 heteroatoms. The molecule has 0 aliphatic carbocycles. The molecule has 0 bridgehead atoms. The van der Waals surface area contributed by atoms with Gasteiger partial charge in [0, 0.05) is 23.4 Å². The third-order valence-electron chi connectivity index (χ3n) is 2.69. The number of nitrogens with zero attached hydrogens (tertiary/aromatic N) is 1. The lowest BCUT2D eigenvalue weighted by atomic mass is 10.2. The number of nitrogens with two attached hydrogens (primary N) is 1. The maximum absolute atomic E-state index is 12.1. The number of benzene rings is 1. The second kappa shape index (κ2) is 5.68. The van der Waals surface area contributed by atoms with Crippen molar-refractivity contribution in [2.45, 2.75) is 0 Å². The van der Waals surface area contributed by atoms with Crippen LogP contribution in [0.15, 0.2) is 34.9 Å². The maximum Gasteiger partial charge on any atom is 0.272 e. The normalized spacial score (nSPS) is 10.3. The summed E-state index contributed by atoms with van der Waals surface area (Å²) in [4.78, 5) is 23.3. The average molecular weight is 357 g/mol. The van der Waals surface area contributed by atoms with Crippen LogP contribution >= 0.6 is 27.5 Å². The number of hydrogen-bond donors (Lipinski definition) is 2. The van der Waals surface area contributed by atoms with Crippen molar-refractivity contribution >= 4 is 45.0 Å². The van der Waals surface area contributed by atoms with Gasteiger partial charge in [0.05, 0.1) is 10.6 Å². The lowest BCUT2D eigenvalue weighted by Gasteiger charge is -2.08. The molecular formula is C13H11BrClN3O2. The second-order valence-electron chi connectivity index (χ2n) is 4.17. The molecule has 1 heterocycles. The first-order chi connectivity index (χ1) is 9.38. The van der Waals surface area contributed by atoms with Crippen molar-refractivity contribution in [1.29, 1.82) is 0 Å². The Morgan fingerprint density at radius 2 is 2.05 bits per heavy atom. The molecule has 2 rings (SSSR count). The Kier molecular flexibility index (Phi) is 4.15. The van der Waals surface area contributed by atoms with Crippen molar-refractivity contribution in [3.63, 3.8) is 0 Å². The molecular weight excluding hydrogens is 346 g/mol. The van der Waals surface area contributed by atoms with Crippen LogP contribution in [0.25, 0.3) is 0 Å². The molecule has 3 N–H and O–H groups in total. The summed E-state index contributed by atoms with van der Waals surface area (Å²) in [6.07, 6.45) is 1.77. The van der Waals surface area contributed by atoms with Crippen molar-refractivity contribution in [3.8, 4) is 0 Å². The monoisotopic (exact) mass is 355 g/mol. The Bertz CT molecular complexity index is 697. The van der Waals surface area contributed by atoms with Crippen LogP contribution in [-0.4, -0.2) is 16.4 Å². The van der Waals surface area contributed by atoms with Gasteiger partial charge in [0.1, 0.15) is 5.69 Å². The number of nitrogens with one attached hydrogen (secondary N) is 1. The Labute approximate surface area is 128 Å². The summed E-state index contributed by atoms with van der Waals surface area (Å²) in [6, 6.07) is 6.25. The summed E-state index contributed by atoms with van der Waals surface area (Å²) in [5.74, 6) is -0.941. The number of aromatic nitrogens is 1.